The van der Waals surface area contributed by atoms with Crippen LogP contribution in [-0.4, -0.2) is 36.0 Å². The molecule has 164 valence electrons. The van der Waals surface area contributed by atoms with Crippen molar-refractivity contribution in [2.75, 3.05) is 13.1 Å². The van der Waals surface area contributed by atoms with Crippen LogP contribution >= 0.6 is 0 Å². The van der Waals surface area contributed by atoms with Crippen molar-refractivity contribution < 1.29 is 26.1 Å². The number of hydrogen-bond donors (Lipinski definition) is 0. The van der Waals surface area contributed by atoms with E-state index in [2.05, 4.69) is 10.1 Å². The Morgan fingerprint density at radius 3 is 2.39 bits per heavy atom. The van der Waals surface area contributed by atoms with Gasteiger partial charge in [-0.1, -0.05) is 41.1 Å². The van der Waals surface area contributed by atoms with Crippen molar-refractivity contribution >= 4 is 10.0 Å². The van der Waals surface area contributed by atoms with Gasteiger partial charge in [-0.25, -0.2) is 8.42 Å². The van der Waals surface area contributed by atoms with Crippen LogP contribution in [0.4, 0.5) is 13.2 Å². The number of hydrogen-bond acceptors (Lipinski definition) is 5. The fourth-order valence-corrected chi connectivity index (χ4v) is 5.06. The van der Waals surface area contributed by atoms with E-state index in [1.165, 1.54) is 10.4 Å². The minimum absolute atomic E-state index is 0.111. The van der Waals surface area contributed by atoms with E-state index in [-0.39, 0.29) is 23.9 Å². The minimum atomic E-state index is -4.61. The first-order chi connectivity index (χ1) is 14.6. The van der Waals surface area contributed by atoms with Crippen LogP contribution in [0.5, 0.6) is 0 Å². The predicted octanol–water partition coefficient (Wildman–Crippen LogP) is 4.63. The van der Waals surface area contributed by atoms with E-state index in [4.69, 9.17) is 4.52 Å². The van der Waals surface area contributed by atoms with Gasteiger partial charge >= 0.3 is 6.18 Å². The molecule has 0 saturated carbocycles. The second-order valence-electron chi connectivity index (χ2n) is 7.53. The number of sulfonamides is 1. The van der Waals surface area contributed by atoms with Crippen molar-refractivity contribution in [2.45, 2.75) is 36.8 Å². The molecule has 1 fully saturated rings. The molecule has 0 aliphatic carbocycles. The van der Waals surface area contributed by atoms with Crippen LogP contribution < -0.4 is 0 Å². The third-order valence-electron chi connectivity index (χ3n) is 5.35. The molecule has 2 heterocycles. The first-order valence-corrected chi connectivity index (χ1v) is 11.2. The maximum atomic E-state index is 12.9. The molecule has 4 rings (SSSR count). The van der Waals surface area contributed by atoms with E-state index in [9.17, 15) is 21.6 Å². The molecule has 2 aromatic carbocycles. The molecule has 0 amide bonds. The van der Waals surface area contributed by atoms with Gasteiger partial charge in [-0.05, 0) is 38.0 Å². The zero-order chi connectivity index (χ0) is 22.2. The molecule has 0 bridgehead atoms. The summed E-state index contributed by atoms with van der Waals surface area (Å²) in [7, 11) is -4.03. The first kappa shape index (κ1) is 21.5. The van der Waals surface area contributed by atoms with Crippen LogP contribution in [0.2, 0.25) is 0 Å². The number of rotatable bonds is 4. The Hall–Kier alpha value is -2.72. The number of piperidine rings is 1. The predicted molar refractivity (Wildman–Crippen MR) is 107 cm³/mol. The van der Waals surface area contributed by atoms with Crippen molar-refractivity contribution in [3.05, 3.63) is 65.5 Å². The molecule has 1 aromatic heterocycles. The maximum Gasteiger partial charge on any atom is 0.416 e. The van der Waals surface area contributed by atoms with E-state index in [1.54, 1.807) is 0 Å². The summed E-state index contributed by atoms with van der Waals surface area (Å²) in [6, 6.07) is 11.5. The maximum absolute atomic E-state index is 12.9. The monoisotopic (exact) mass is 451 g/mol. The van der Waals surface area contributed by atoms with Crippen LogP contribution in [0.1, 0.15) is 35.8 Å². The Bertz CT molecular complexity index is 1170. The fourth-order valence-electron chi connectivity index (χ4n) is 3.55. The van der Waals surface area contributed by atoms with Crippen molar-refractivity contribution in [1.82, 2.24) is 14.4 Å². The van der Waals surface area contributed by atoms with Crippen LogP contribution in [0.3, 0.4) is 0 Å². The van der Waals surface area contributed by atoms with E-state index in [0.29, 0.717) is 30.6 Å². The van der Waals surface area contributed by atoms with Crippen molar-refractivity contribution in [3.63, 3.8) is 0 Å². The van der Waals surface area contributed by atoms with Gasteiger partial charge < -0.3 is 4.52 Å². The van der Waals surface area contributed by atoms with Crippen LogP contribution in [0.15, 0.2) is 57.9 Å². The Balaban J connectivity index is 1.46. The van der Waals surface area contributed by atoms with Gasteiger partial charge in [-0.15, -0.1) is 0 Å². The van der Waals surface area contributed by atoms with Gasteiger partial charge in [-0.2, -0.15) is 22.5 Å². The lowest BCUT2D eigenvalue weighted by Gasteiger charge is -2.29. The highest BCUT2D eigenvalue weighted by atomic mass is 32.2. The largest absolute Gasteiger partial charge is 0.416 e. The quantitative estimate of drug-likeness (QED) is 0.578. The number of aromatic nitrogens is 2. The van der Waals surface area contributed by atoms with Gasteiger partial charge in [0.2, 0.25) is 21.7 Å². The number of halogens is 3. The van der Waals surface area contributed by atoms with Crippen LogP contribution in [0.25, 0.3) is 11.4 Å². The highest BCUT2D eigenvalue weighted by Crippen LogP contribution is 2.34. The summed E-state index contributed by atoms with van der Waals surface area (Å²) < 4.78 is 71.1. The average molecular weight is 451 g/mol. The lowest BCUT2D eigenvalue weighted by Crippen LogP contribution is -2.38. The van der Waals surface area contributed by atoms with Gasteiger partial charge in [0.15, 0.2) is 0 Å². The molecule has 31 heavy (non-hydrogen) atoms. The molecule has 0 spiro atoms. The average Bonchev–Trinajstić information content (AvgIpc) is 3.24. The molecule has 0 radical (unpaired) electrons. The second-order valence-corrected chi connectivity index (χ2v) is 9.46. The van der Waals surface area contributed by atoms with Gasteiger partial charge in [0.1, 0.15) is 0 Å². The van der Waals surface area contributed by atoms with Gasteiger partial charge in [-0.3, -0.25) is 0 Å². The second kappa shape index (κ2) is 8.08. The Morgan fingerprint density at radius 2 is 1.74 bits per heavy atom. The lowest BCUT2D eigenvalue weighted by atomic mass is 9.98. The molecule has 1 saturated heterocycles. The highest BCUT2D eigenvalue weighted by molar-refractivity contribution is 7.89. The third kappa shape index (κ3) is 4.49. The number of aryl methyl sites for hydroxylation is 1. The summed E-state index contributed by atoms with van der Waals surface area (Å²) in [4.78, 5) is 4.09. The van der Waals surface area contributed by atoms with E-state index < -0.39 is 21.8 Å². The number of alkyl halides is 3. The number of benzene rings is 2. The minimum Gasteiger partial charge on any atom is -0.339 e. The summed E-state index contributed by atoms with van der Waals surface area (Å²) in [6.07, 6.45) is -3.73. The van der Waals surface area contributed by atoms with E-state index in [1.807, 2.05) is 31.2 Å². The smallest absolute Gasteiger partial charge is 0.339 e. The molecule has 0 N–H and O–H groups in total. The SMILES string of the molecule is Cc1ccc(-c2noc(C3CCN(S(=O)(=O)c4cccc(C(F)(F)F)c4)CC3)n2)cc1. The summed E-state index contributed by atoms with van der Waals surface area (Å²) in [5.74, 6) is 0.792. The molecule has 1 aliphatic heterocycles. The Labute approximate surface area is 177 Å². The normalized spacial score (nSPS) is 16.5. The van der Waals surface area contributed by atoms with Crippen molar-refractivity contribution in [2.24, 2.45) is 0 Å². The van der Waals surface area contributed by atoms with Gasteiger partial charge in [0, 0.05) is 24.6 Å². The molecule has 1 aliphatic rings. The fraction of sp³-hybridized carbons (Fsp3) is 0.333. The zero-order valence-electron chi connectivity index (χ0n) is 16.6. The first-order valence-electron chi connectivity index (χ1n) is 9.72. The topological polar surface area (TPSA) is 76.3 Å². The summed E-state index contributed by atoms with van der Waals surface area (Å²) in [5, 5.41) is 4.01. The van der Waals surface area contributed by atoms with Crippen molar-refractivity contribution in [1.29, 1.82) is 0 Å². The van der Waals surface area contributed by atoms with Gasteiger partial charge in [0.05, 0.1) is 10.5 Å². The Kier molecular flexibility index (Phi) is 5.61. The molecule has 0 atom stereocenters. The van der Waals surface area contributed by atoms with E-state index >= 15 is 0 Å². The standard InChI is InChI=1S/C21H20F3N3O3S/c1-14-5-7-15(8-6-14)19-25-20(30-26-19)16-9-11-27(12-10-16)31(28,29)18-4-2-3-17(13-18)21(22,23)24/h2-8,13,16H,9-12H2,1H3. The van der Waals surface area contributed by atoms with E-state index in [0.717, 1.165) is 23.3 Å². The molecule has 10 heteroatoms. The Morgan fingerprint density at radius 1 is 1.06 bits per heavy atom. The zero-order valence-corrected chi connectivity index (χ0v) is 17.4. The molecular weight excluding hydrogens is 431 g/mol. The third-order valence-corrected chi connectivity index (χ3v) is 7.25. The van der Waals surface area contributed by atoms with Crippen molar-refractivity contribution in [3.8, 4) is 11.4 Å². The molecular formula is C21H20F3N3O3S. The van der Waals surface area contributed by atoms with Gasteiger partial charge in [0.25, 0.3) is 0 Å². The molecule has 0 unspecified atom stereocenters. The van der Waals surface area contributed by atoms with Crippen LogP contribution in [0, 0.1) is 6.92 Å². The van der Waals surface area contributed by atoms with Crippen LogP contribution in [-0.2, 0) is 16.2 Å². The highest BCUT2D eigenvalue weighted by Gasteiger charge is 2.35. The number of nitrogens with zero attached hydrogens (tertiary/aromatic N) is 3. The summed E-state index contributed by atoms with van der Waals surface area (Å²) in [6.45, 7) is 2.30. The summed E-state index contributed by atoms with van der Waals surface area (Å²) >= 11 is 0. The summed E-state index contributed by atoms with van der Waals surface area (Å²) in [5.41, 5.74) is 0.949. The lowest BCUT2D eigenvalue weighted by molar-refractivity contribution is -0.137. The molecule has 3 aromatic rings. The molecule has 6 nitrogen and oxygen atoms in total.